The van der Waals surface area contributed by atoms with E-state index in [-0.39, 0.29) is 11.9 Å². The van der Waals surface area contributed by atoms with E-state index in [1.54, 1.807) is 12.4 Å². The van der Waals surface area contributed by atoms with Crippen LogP contribution in [0.3, 0.4) is 0 Å². The maximum Gasteiger partial charge on any atom is 0.226 e. The van der Waals surface area contributed by atoms with Crippen molar-refractivity contribution in [2.75, 3.05) is 0 Å². The van der Waals surface area contributed by atoms with Crippen molar-refractivity contribution in [2.24, 2.45) is 0 Å². The minimum absolute atomic E-state index is 0.0750. The van der Waals surface area contributed by atoms with Crippen LogP contribution in [0, 0.1) is 0 Å². The fourth-order valence-electron chi connectivity index (χ4n) is 3.03. The minimum Gasteiger partial charge on any atom is -0.350 e. The van der Waals surface area contributed by atoms with Crippen LogP contribution in [-0.4, -0.2) is 27.1 Å². The van der Waals surface area contributed by atoms with Gasteiger partial charge >= 0.3 is 0 Å². The number of nitrogens with zero attached hydrogens (tertiary/aromatic N) is 3. The van der Waals surface area contributed by atoms with Gasteiger partial charge in [0.2, 0.25) is 17.6 Å². The molecular weight excluding hydrogens is 316 g/mol. The summed E-state index contributed by atoms with van der Waals surface area (Å²) >= 11 is 0. The van der Waals surface area contributed by atoms with Gasteiger partial charge in [-0.1, -0.05) is 16.8 Å². The zero-order chi connectivity index (χ0) is 17.5. The second-order valence-electron chi connectivity index (χ2n) is 6.42. The second kappa shape index (κ2) is 8.55. The van der Waals surface area contributed by atoms with Crippen molar-refractivity contribution < 1.29 is 9.32 Å². The lowest BCUT2D eigenvalue weighted by Gasteiger charge is -2.20. The van der Waals surface area contributed by atoms with E-state index in [0.717, 1.165) is 18.4 Å². The molecule has 6 heteroatoms. The number of carbonyl (C=O) groups is 1. The molecule has 1 N–H and O–H groups in total. The van der Waals surface area contributed by atoms with Crippen LogP contribution in [0.1, 0.15) is 51.3 Å². The van der Waals surface area contributed by atoms with Crippen molar-refractivity contribution in [2.45, 2.75) is 57.9 Å². The van der Waals surface area contributed by atoms with Gasteiger partial charge in [-0.05, 0) is 51.2 Å². The average molecular weight is 340 g/mol. The molecule has 1 atom stereocenters. The number of amides is 1. The number of hydrogen-bond acceptors (Lipinski definition) is 5. The summed E-state index contributed by atoms with van der Waals surface area (Å²) < 4.78 is 5.25. The molecule has 0 bridgehead atoms. The monoisotopic (exact) mass is 340 g/mol. The summed E-state index contributed by atoms with van der Waals surface area (Å²) in [5, 5.41) is 7.04. The van der Waals surface area contributed by atoms with Gasteiger partial charge in [-0.15, -0.1) is 0 Å². The summed E-state index contributed by atoms with van der Waals surface area (Å²) in [7, 11) is 0. The molecule has 0 saturated heterocycles. The lowest BCUT2D eigenvalue weighted by Crippen LogP contribution is -2.34. The third-order valence-electron chi connectivity index (χ3n) is 4.44. The van der Waals surface area contributed by atoms with Crippen molar-refractivity contribution in [3.63, 3.8) is 0 Å². The van der Waals surface area contributed by atoms with Crippen LogP contribution in [0.15, 0.2) is 40.7 Å². The quantitative estimate of drug-likeness (QED) is 0.781. The van der Waals surface area contributed by atoms with Crippen molar-refractivity contribution >= 4 is 5.91 Å². The van der Waals surface area contributed by atoms with Gasteiger partial charge in [0.15, 0.2) is 0 Å². The Kier molecular flexibility index (Phi) is 5.93. The van der Waals surface area contributed by atoms with E-state index in [2.05, 4.69) is 33.4 Å². The van der Waals surface area contributed by atoms with Crippen LogP contribution < -0.4 is 5.32 Å². The molecule has 1 aliphatic rings. The number of hydrogen-bond donors (Lipinski definition) is 1. The fourth-order valence-corrected chi connectivity index (χ4v) is 3.03. The number of pyridine rings is 1. The molecule has 25 heavy (non-hydrogen) atoms. The highest BCUT2D eigenvalue weighted by Crippen LogP contribution is 2.20. The Morgan fingerprint density at radius 1 is 1.40 bits per heavy atom. The highest BCUT2D eigenvalue weighted by molar-refractivity contribution is 5.76. The summed E-state index contributed by atoms with van der Waals surface area (Å²) in [6, 6.07) is 3.85. The Bertz CT molecular complexity index is 724. The number of rotatable bonds is 7. The number of aromatic nitrogens is 3. The standard InChI is InChI=1S/C19H24N4O2/c1-14(15-7-3-2-4-8-15)21-17(24)10-5-11-18-22-19(23-25-18)16-9-6-12-20-13-16/h6-7,9,12-14H,2-5,8,10-11H2,1H3,(H,21,24). The van der Waals surface area contributed by atoms with Crippen LogP contribution in [0.2, 0.25) is 0 Å². The van der Waals surface area contributed by atoms with Crippen molar-refractivity contribution in [1.82, 2.24) is 20.4 Å². The van der Waals surface area contributed by atoms with Gasteiger partial charge in [0, 0.05) is 36.8 Å². The van der Waals surface area contributed by atoms with E-state index in [4.69, 9.17) is 4.52 Å². The molecule has 2 heterocycles. The van der Waals surface area contributed by atoms with Gasteiger partial charge in [-0.2, -0.15) is 4.98 Å². The molecule has 0 aliphatic heterocycles. The highest BCUT2D eigenvalue weighted by atomic mass is 16.5. The first-order chi connectivity index (χ1) is 12.2. The summed E-state index contributed by atoms with van der Waals surface area (Å²) in [6.07, 6.45) is 12.1. The predicted octanol–water partition coefficient (Wildman–Crippen LogP) is 3.46. The van der Waals surface area contributed by atoms with Crippen molar-refractivity contribution in [1.29, 1.82) is 0 Å². The van der Waals surface area contributed by atoms with E-state index in [9.17, 15) is 4.79 Å². The van der Waals surface area contributed by atoms with Gasteiger partial charge in [-0.25, -0.2) is 0 Å². The number of carbonyl (C=O) groups excluding carboxylic acids is 1. The first-order valence-electron chi connectivity index (χ1n) is 8.93. The maximum absolute atomic E-state index is 12.1. The van der Waals surface area contributed by atoms with Gasteiger partial charge in [0.05, 0.1) is 0 Å². The van der Waals surface area contributed by atoms with E-state index in [1.807, 2.05) is 12.1 Å². The molecule has 0 saturated carbocycles. The van der Waals surface area contributed by atoms with E-state index in [1.165, 1.54) is 18.4 Å². The predicted molar refractivity (Wildman–Crippen MR) is 94.6 cm³/mol. The fraction of sp³-hybridized carbons (Fsp3) is 0.474. The Balaban J connectivity index is 1.43. The van der Waals surface area contributed by atoms with Crippen LogP contribution in [0.4, 0.5) is 0 Å². The molecule has 132 valence electrons. The molecular formula is C19H24N4O2. The Morgan fingerprint density at radius 3 is 3.08 bits per heavy atom. The molecule has 1 amide bonds. The summed E-state index contributed by atoms with van der Waals surface area (Å²) in [6.45, 7) is 2.06. The molecule has 3 rings (SSSR count). The number of allylic oxidation sites excluding steroid dienone is 1. The second-order valence-corrected chi connectivity index (χ2v) is 6.42. The van der Waals surface area contributed by atoms with Crippen LogP contribution in [0.5, 0.6) is 0 Å². The summed E-state index contributed by atoms with van der Waals surface area (Å²) in [4.78, 5) is 20.5. The normalized spacial score (nSPS) is 15.5. The number of aryl methyl sites for hydroxylation is 1. The number of nitrogens with one attached hydrogen (secondary N) is 1. The molecule has 1 unspecified atom stereocenters. The SMILES string of the molecule is CC(NC(=O)CCCc1nc(-c2cccnc2)no1)C1=CCCCC1. The molecule has 0 radical (unpaired) electrons. The third kappa shape index (κ3) is 4.98. The molecule has 0 aromatic carbocycles. The minimum atomic E-state index is 0.0750. The molecule has 6 nitrogen and oxygen atoms in total. The largest absolute Gasteiger partial charge is 0.350 e. The first-order valence-corrected chi connectivity index (χ1v) is 8.93. The van der Waals surface area contributed by atoms with Gasteiger partial charge < -0.3 is 9.84 Å². The Morgan fingerprint density at radius 2 is 2.32 bits per heavy atom. The Labute approximate surface area is 147 Å². The summed E-state index contributed by atoms with van der Waals surface area (Å²) in [5.74, 6) is 1.16. The Hall–Kier alpha value is -2.50. The van der Waals surface area contributed by atoms with Gasteiger partial charge in [0.1, 0.15) is 0 Å². The summed E-state index contributed by atoms with van der Waals surface area (Å²) in [5.41, 5.74) is 2.18. The van der Waals surface area contributed by atoms with Crippen LogP contribution >= 0.6 is 0 Å². The van der Waals surface area contributed by atoms with E-state index < -0.39 is 0 Å². The van der Waals surface area contributed by atoms with Crippen molar-refractivity contribution in [3.05, 3.63) is 42.1 Å². The van der Waals surface area contributed by atoms with Gasteiger partial charge in [0.25, 0.3) is 0 Å². The smallest absolute Gasteiger partial charge is 0.226 e. The lowest BCUT2D eigenvalue weighted by molar-refractivity contribution is -0.121. The van der Waals surface area contributed by atoms with Crippen molar-refractivity contribution in [3.8, 4) is 11.4 Å². The zero-order valence-electron chi connectivity index (χ0n) is 14.6. The van der Waals surface area contributed by atoms with E-state index >= 15 is 0 Å². The molecule has 1 aliphatic carbocycles. The zero-order valence-corrected chi connectivity index (χ0v) is 14.6. The first kappa shape index (κ1) is 17.3. The van der Waals surface area contributed by atoms with Crippen LogP contribution in [-0.2, 0) is 11.2 Å². The molecule has 2 aromatic heterocycles. The highest BCUT2D eigenvalue weighted by Gasteiger charge is 2.14. The lowest BCUT2D eigenvalue weighted by atomic mass is 9.94. The average Bonchev–Trinajstić information content (AvgIpc) is 3.12. The maximum atomic E-state index is 12.1. The van der Waals surface area contributed by atoms with Gasteiger partial charge in [-0.3, -0.25) is 9.78 Å². The molecule has 0 spiro atoms. The van der Waals surface area contributed by atoms with E-state index in [0.29, 0.717) is 31.0 Å². The van der Waals surface area contributed by atoms with Crippen LogP contribution in [0.25, 0.3) is 11.4 Å². The topological polar surface area (TPSA) is 80.9 Å². The molecule has 2 aromatic rings. The third-order valence-corrected chi connectivity index (χ3v) is 4.44. The molecule has 0 fully saturated rings.